The van der Waals surface area contributed by atoms with E-state index in [-0.39, 0.29) is 0 Å². The van der Waals surface area contributed by atoms with E-state index in [0.717, 1.165) is 0 Å². The Morgan fingerprint density at radius 3 is 2.44 bits per heavy atom. The third kappa shape index (κ3) is 5.76. The third-order valence-electron chi connectivity index (χ3n) is 0.852. The van der Waals surface area contributed by atoms with Gasteiger partial charge >= 0.3 is 0 Å². The van der Waals surface area contributed by atoms with Gasteiger partial charge in [0.25, 0.3) is 0 Å². The topological polar surface area (TPSA) is 32.4 Å². The van der Waals surface area contributed by atoms with Gasteiger partial charge < -0.3 is 4.74 Å². The molecular formula is C6H14NO2. The van der Waals surface area contributed by atoms with E-state index >= 15 is 0 Å². The highest BCUT2D eigenvalue weighted by Crippen LogP contribution is 1.92. The summed E-state index contributed by atoms with van der Waals surface area (Å²) in [5, 5.41) is 10.6. The smallest absolute Gasteiger partial charge is 0.192 e. The average Bonchev–Trinajstić information content (AvgIpc) is 1.83. The van der Waals surface area contributed by atoms with E-state index in [1.165, 1.54) is 0 Å². The van der Waals surface area contributed by atoms with Crippen LogP contribution in [0.1, 0.15) is 13.3 Å². The molecular weight excluding hydrogens is 118 g/mol. The molecule has 1 radical (unpaired) electrons. The number of rotatable bonds is 4. The first-order valence-electron chi connectivity index (χ1n) is 3.09. The molecule has 0 aromatic carbocycles. The van der Waals surface area contributed by atoms with Crippen molar-refractivity contribution in [2.24, 2.45) is 0 Å². The van der Waals surface area contributed by atoms with Crippen molar-refractivity contribution in [1.82, 2.24) is 4.90 Å². The van der Waals surface area contributed by atoms with Gasteiger partial charge in [-0.15, -0.1) is 0 Å². The molecule has 1 atom stereocenters. The fourth-order valence-corrected chi connectivity index (χ4v) is 0.350. The lowest BCUT2D eigenvalue weighted by Crippen LogP contribution is -2.21. The molecule has 0 spiro atoms. The van der Waals surface area contributed by atoms with Crippen molar-refractivity contribution in [3.05, 3.63) is 0 Å². The van der Waals surface area contributed by atoms with E-state index in [2.05, 4.69) is 0 Å². The first-order chi connectivity index (χ1) is 4.16. The Morgan fingerprint density at radius 1 is 1.56 bits per heavy atom. The minimum atomic E-state index is -0.854. The van der Waals surface area contributed by atoms with Gasteiger partial charge in [0.2, 0.25) is 0 Å². The largest absolute Gasteiger partial charge is 0.334 e. The van der Waals surface area contributed by atoms with Gasteiger partial charge in [0.15, 0.2) is 6.29 Å². The average molecular weight is 132 g/mol. The zero-order valence-corrected chi connectivity index (χ0v) is 6.26. The third-order valence-corrected chi connectivity index (χ3v) is 0.852. The highest BCUT2D eigenvalue weighted by Gasteiger charge is 2.00. The van der Waals surface area contributed by atoms with Crippen LogP contribution in [0.15, 0.2) is 0 Å². The lowest BCUT2D eigenvalue weighted by molar-refractivity contribution is -0.161. The summed E-state index contributed by atoms with van der Waals surface area (Å²) in [4.78, 5) is 1.82. The van der Waals surface area contributed by atoms with Crippen molar-refractivity contribution in [3.8, 4) is 0 Å². The fourth-order valence-electron chi connectivity index (χ4n) is 0.350. The van der Waals surface area contributed by atoms with E-state index in [4.69, 9.17) is 4.74 Å². The molecule has 0 saturated carbocycles. The van der Waals surface area contributed by atoms with Crippen LogP contribution in [0.3, 0.4) is 0 Å². The van der Waals surface area contributed by atoms with Gasteiger partial charge in [-0.1, -0.05) is 6.92 Å². The molecule has 55 valence electrons. The van der Waals surface area contributed by atoms with Crippen LogP contribution in [0, 0.1) is 0 Å². The van der Waals surface area contributed by atoms with Gasteiger partial charge in [-0.05, 0) is 20.5 Å². The molecule has 0 N–H and O–H groups in total. The monoisotopic (exact) mass is 132 g/mol. The molecule has 0 bridgehead atoms. The lowest BCUT2D eigenvalue weighted by Gasteiger charge is -2.11. The zero-order valence-electron chi connectivity index (χ0n) is 6.26. The van der Waals surface area contributed by atoms with Gasteiger partial charge in [-0.25, -0.2) is 5.11 Å². The Balaban J connectivity index is 3.06. The molecule has 0 aromatic heterocycles. The molecule has 0 saturated heterocycles. The molecule has 0 aliphatic carbocycles. The highest BCUT2D eigenvalue weighted by molar-refractivity contribution is 4.33. The number of hydrogen-bond acceptors (Lipinski definition) is 2. The predicted molar refractivity (Wildman–Crippen MR) is 34.4 cm³/mol. The van der Waals surface area contributed by atoms with E-state index in [1.807, 2.05) is 25.9 Å². The standard InChI is InChI=1S/C6H14NO2/c1-4-6(8)9-5-7(2)3/h6H,4-5H2,1-3H3. The van der Waals surface area contributed by atoms with Crippen molar-refractivity contribution in [2.75, 3.05) is 20.8 Å². The summed E-state index contributed by atoms with van der Waals surface area (Å²) >= 11 is 0. The molecule has 0 aromatic rings. The van der Waals surface area contributed by atoms with Crippen molar-refractivity contribution in [1.29, 1.82) is 0 Å². The maximum absolute atomic E-state index is 10.6. The summed E-state index contributed by atoms with van der Waals surface area (Å²) in [5.74, 6) is 0. The minimum Gasteiger partial charge on any atom is -0.334 e. The second-order valence-corrected chi connectivity index (χ2v) is 2.21. The zero-order chi connectivity index (χ0) is 7.28. The SMILES string of the molecule is CCC([O])OCN(C)C. The van der Waals surface area contributed by atoms with Crippen LogP contribution >= 0.6 is 0 Å². The molecule has 0 aliphatic heterocycles. The Bertz CT molecular complexity index is 66.1. The van der Waals surface area contributed by atoms with Crippen LogP contribution in [0.2, 0.25) is 0 Å². The second kappa shape index (κ2) is 4.73. The van der Waals surface area contributed by atoms with Crippen molar-refractivity contribution < 1.29 is 9.84 Å². The van der Waals surface area contributed by atoms with Gasteiger partial charge in [-0.3, -0.25) is 4.90 Å². The van der Waals surface area contributed by atoms with E-state index < -0.39 is 6.29 Å². The summed E-state index contributed by atoms with van der Waals surface area (Å²) in [6.07, 6.45) is -0.319. The van der Waals surface area contributed by atoms with Crippen LogP contribution < -0.4 is 0 Å². The first kappa shape index (κ1) is 8.88. The second-order valence-electron chi connectivity index (χ2n) is 2.21. The minimum absolute atomic E-state index is 0.419. The van der Waals surface area contributed by atoms with Crippen molar-refractivity contribution >= 4 is 0 Å². The summed E-state index contributed by atoms with van der Waals surface area (Å²) in [7, 11) is 3.73. The number of ether oxygens (including phenoxy) is 1. The summed E-state index contributed by atoms with van der Waals surface area (Å²) in [6, 6.07) is 0. The maximum Gasteiger partial charge on any atom is 0.192 e. The molecule has 0 rings (SSSR count). The summed E-state index contributed by atoms with van der Waals surface area (Å²) < 4.78 is 4.82. The predicted octanol–water partition coefficient (Wildman–Crippen LogP) is 0.689. The van der Waals surface area contributed by atoms with Gasteiger partial charge in [-0.2, -0.15) is 0 Å². The molecule has 0 aliphatic rings. The molecule has 3 heteroatoms. The number of nitrogens with zero attached hydrogens (tertiary/aromatic N) is 1. The molecule has 0 heterocycles. The van der Waals surface area contributed by atoms with Gasteiger partial charge in [0, 0.05) is 0 Å². The van der Waals surface area contributed by atoms with Gasteiger partial charge in [0.05, 0.1) is 0 Å². The maximum atomic E-state index is 10.6. The molecule has 3 nitrogen and oxygen atoms in total. The Kier molecular flexibility index (Phi) is 4.67. The molecule has 9 heavy (non-hydrogen) atoms. The Labute approximate surface area is 56.2 Å². The van der Waals surface area contributed by atoms with Crippen LogP contribution in [0.4, 0.5) is 0 Å². The highest BCUT2D eigenvalue weighted by atomic mass is 16.6. The first-order valence-corrected chi connectivity index (χ1v) is 3.09. The van der Waals surface area contributed by atoms with E-state index in [1.54, 1.807) is 0 Å². The van der Waals surface area contributed by atoms with Crippen LogP contribution in [0.25, 0.3) is 0 Å². The van der Waals surface area contributed by atoms with Gasteiger partial charge in [0.1, 0.15) is 6.73 Å². The van der Waals surface area contributed by atoms with Crippen molar-refractivity contribution in [2.45, 2.75) is 19.6 Å². The fraction of sp³-hybridized carbons (Fsp3) is 1.00. The van der Waals surface area contributed by atoms with Crippen molar-refractivity contribution in [3.63, 3.8) is 0 Å². The van der Waals surface area contributed by atoms with E-state index in [0.29, 0.717) is 13.2 Å². The van der Waals surface area contributed by atoms with Crippen LogP contribution in [-0.2, 0) is 9.84 Å². The molecule has 1 unspecified atom stereocenters. The van der Waals surface area contributed by atoms with Crippen LogP contribution in [0.5, 0.6) is 0 Å². The lowest BCUT2D eigenvalue weighted by atomic mass is 10.5. The van der Waals surface area contributed by atoms with Crippen LogP contribution in [-0.4, -0.2) is 32.0 Å². The summed E-state index contributed by atoms with van der Waals surface area (Å²) in [6.45, 7) is 2.23. The molecule has 0 fully saturated rings. The van der Waals surface area contributed by atoms with E-state index in [9.17, 15) is 5.11 Å². The Hall–Kier alpha value is -0.120. The summed E-state index contributed by atoms with van der Waals surface area (Å²) in [5.41, 5.74) is 0. The Morgan fingerprint density at radius 2 is 2.11 bits per heavy atom. The molecule has 0 amide bonds. The normalized spacial score (nSPS) is 14.3. The quantitative estimate of drug-likeness (QED) is 0.527. The number of hydrogen-bond donors (Lipinski definition) is 0.